The molecule has 0 aromatic rings. The van der Waals surface area contributed by atoms with Crippen LogP contribution < -0.4 is 0 Å². The minimum Gasteiger partial charge on any atom is -0.454 e. The van der Waals surface area contributed by atoms with Gasteiger partial charge in [-0.15, -0.1) is 0 Å². The number of rotatable bonds is 5. The molecule has 0 unspecified atom stereocenters. The molecule has 0 N–H and O–H groups in total. The molecule has 1 saturated heterocycles. The summed E-state index contributed by atoms with van der Waals surface area (Å²) in [6, 6.07) is 0. The molecular weight excluding hydrogens is 423 g/mol. The van der Waals surface area contributed by atoms with Crippen molar-refractivity contribution in [2.24, 2.45) is 0 Å². The van der Waals surface area contributed by atoms with Gasteiger partial charge >= 0.3 is 5.97 Å². The number of carbonyl (C=O) groups excluding carboxylic acids is 1. The number of ether oxygens (including phenoxy) is 1. The van der Waals surface area contributed by atoms with E-state index in [2.05, 4.69) is 70.6 Å². The standard InChI is InChI=1S/C17H34BrFO4Si2/c1-15(2,3)24(7,8)21-11-12-13(17(18,19)14(20)22-12)23-25(9,10)16(4,5)6/h12-13H,11H2,1-10H3/t12-,13-,17-/m1/s1. The van der Waals surface area contributed by atoms with Crippen molar-refractivity contribution in [1.29, 1.82) is 0 Å². The molecule has 0 amide bonds. The molecule has 4 nitrogen and oxygen atoms in total. The Kier molecular flexibility index (Phi) is 6.52. The first-order chi connectivity index (χ1) is 10.8. The molecule has 8 heteroatoms. The lowest BCUT2D eigenvalue weighted by atomic mass is 10.2. The molecule has 1 heterocycles. The van der Waals surface area contributed by atoms with E-state index in [0.717, 1.165) is 0 Å². The molecule has 0 aromatic heterocycles. The molecule has 0 aromatic carbocycles. The summed E-state index contributed by atoms with van der Waals surface area (Å²) < 4.78 is 30.3. The predicted molar refractivity (Wildman–Crippen MR) is 108 cm³/mol. The summed E-state index contributed by atoms with van der Waals surface area (Å²) in [5, 5.41) is -0.0842. The molecule has 3 atom stereocenters. The van der Waals surface area contributed by atoms with Gasteiger partial charge in [-0.1, -0.05) is 41.5 Å². The van der Waals surface area contributed by atoms with Crippen molar-refractivity contribution in [3.63, 3.8) is 0 Å². The van der Waals surface area contributed by atoms with Crippen molar-refractivity contribution in [3.05, 3.63) is 0 Å². The lowest BCUT2D eigenvalue weighted by Gasteiger charge is -2.41. The number of alkyl halides is 2. The molecule has 0 aliphatic carbocycles. The van der Waals surface area contributed by atoms with Gasteiger partial charge in [0.25, 0.3) is 4.58 Å². The minimum absolute atomic E-state index is 0.0204. The Bertz CT molecular complexity index is 510. The van der Waals surface area contributed by atoms with Gasteiger partial charge < -0.3 is 13.6 Å². The van der Waals surface area contributed by atoms with E-state index >= 15 is 0 Å². The van der Waals surface area contributed by atoms with Crippen LogP contribution in [0.4, 0.5) is 4.39 Å². The fraction of sp³-hybridized carbons (Fsp3) is 0.941. The maximum absolute atomic E-state index is 15.0. The van der Waals surface area contributed by atoms with E-state index in [1.165, 1.54) is 0 Å². The molecule has 1 rings (SSSR count). The van der Waals surface area contributed by atoms with Gasteiger partial charge in [0.05, 0.1) is 6.61 Å². The van der Waals surface area contributed by atoms with E-state index in [-0.39, 0.29) is 16.7 Å². The fourth-order valence-electron chi connectivity index (χ4n) is 1.90. The van der Waals surface area contributed by atoms with Crippen molar-refractivity contribution in [3.8, 4) is 0 Å². The molecule has 0 radical (unpaired) electrons. The van der Waals surface area contributed by atoms with Crippen LogP contribution in [0.25, 0.3) is 0 Å². The van der Waals surface area contributed by atoms with E-state index in [1.54, 1.807) is 0 Å². The molecule has 1 aliphatic rings. The van der Waals surface area contributed by atoms with Crippen LogP contribution in [0.1, 0.15) is 41.5 Å². The third-order valence-corrected chi connectivity index (χ3v) is 15.6. The summed E-state index contributed by atoms with van der Waals surface area (Å²) in [5.74, 6) is -0.931. The second-order valence-electron chi connectivity index (χ2n) is 9.94. The fourth-order valence-corrected chi connectivity index (χ4v) is 4.87. The molecule has 1 fully saturated rings. The molecule has 0 saturated carbocycles. The van der Waals surface area contributed by atoms with Crippen molar-refractivity contribution in [2.45, 2.75) is 94.6 Å². The van der Waals surface area contributed by atoms with Crippen LogP contribution >= 0.6 is 15.9 Å². The maximum atomic E-state index is 15.0. The summed E-state index contributed by atoms with van der Waals surface area (Å²) in [6.07, 6.45) is -1.76. The number of cyclic esters (lactones) is 1. The van der Waals surface area contributed by atoms with E-state index in [9.17, 15) is 9.18 Å². The van der Waals surface area contributed by atoms with Gasteiger partial charge in [0.2, 0.25) is 0 Å². The van der Waals surface area contributed by atoms with Gasteiger partial charge in [-0.25, -0.2) is 9.18 Å². The van der Waals surface area contributed by atoms with Crippen molar-refractivity contribution in [2.75, 3.05) is 6.61 Å². The topological polar surface area (TPSA) is 44.8 Å². The van der Waals surface area contributed by atoms with Crippen LogP contribution in [-0.4, -0.2) is 46.0 Å². The van der Waals surface area contributed by atoms with Gasteiger partial charge in [0.15, 0.2) is 22.7 Å². The normalized spacial score (nSPS) is 29.0. The average Bonchev–Trinajstić information content (AvgIpc) is 2.57. The Morgan fingerprint density at radius 3 is 1.92 bits per heavy atom. The SMILES string of the molecule is CC(C)(C)[Si](C)(C)OC[C@H]1OC(=O)[C@@](F)(Br)[C@@H]1O[Si](C)(C)C(C)(C)C. The molecule has 0 bridgehead atoms. The van der Waals surface area contributed by atoms with Crippen molar-refractivity contribution in [1.82, 2.24) is 0 Å². The van der Waals surface area contributed by atoms with E-state index < -0.39 is 39.4 Å². The third-order valence-electron chi connectivity index (χ3n) is 5.87. The van der Waals surface area contributed by atoms with Crippen LogP contribution in [0.5, 0.6) is 0 Å². The third kappa shape index (κ3) is 4.94. The lowest BCUT2D eigenvalue weighted by Crippen LogP contribution is -2.52. The lowest BCUT2D eigenvalue weighted by molar-refractivity contribution is -0.146. The predicted octanol–water partition coefficient (Wildman–Crippen LogP) is 5.38. The van der Waals surface area contributed by atoms with E-state index in [0.29, 0.717) is 0 Å². The second-order valence-corrected chi connectivity index (χ2v) is 20.7. The Labute approximate surface area is 162 Å². The zero-order valence-corrected chi connectivity index (χ0v) is 20.8. The molecule has 148 valence electrons. The Hall–Kier alpha value is 0.234. The zero-order chi connectivity index (χ0) is 20.1. The zero-order valence-electron chi connectivity index (χ0n) is 17.3. The van der Waals surface area contributed by atoms with Gasteiger partial charge in [0.1, 0.15) is 6.10 Å². The Morgan fingerprint density at radius 2 is 1.52 bits per heavy atom. The van der Waals surface area contributed by atoms with E-state index in [1.807, 2.05) is 13.1 Å². The summed E-state index contributed by atoms with van der Waals surface area (Å²) >= 11 is 2.91. The number of hydrogen-bond acceptors (Lipinski definition) is 4. The summed E-state index contributed by atoms with van der Waals surface area (Å²) in [5.41, 5.74) is 0. The highest BCUT2D eigenvalue weighted by molar-refractivity contribution is 9.10. The Balaban J connectivity index is 3.00. The first-order valence-corrected chi connectivity index (χ1v) is 15.3. The average molecular weight is 458 g/mol. The molecular formula is C17H34BrFO4Si2. The van der Waals surface area contributed by atoms with Crippen molar-refractivity contribution < 1.29 is 22.8 Å². The van der Waals surface area contributed by atoms with Crippen LogP contribution in [0.3, 0.4) is 0 Å². The van der Waals surface area contributed by atoms with Gasteiger partial charge in [0, 0.05) is 0 Å². The second kappa shape index (κ2) is 7.00. The van der Waals surface area contributed by atoms with Crippen LogP contribution in [0.2, 0.25) is 36.3 Å². The summed E-state index contributed by atoms with van der Waals surface area (Å²) in [7, 11) is -4.33. The van der Waals surface area contributed by atoms with Gasteiger partial charge in [-0.05, 0) is 52.2 Å². The highest BCUT2D eigenvalue weighted by Gasteiger charge is 2.60. The van der Waals surface area contributed by atoms with E-state index in [4.69, 9.17) is 13.6 Å². The first-order valence-electron chi connectivity index (χ1n) is 8.73. The minimum atomic E-state index is -2.33. The number of carbonyl (C=O) groups is 1. The highest BCUT2D eigenvalue weighted by Crippen LogP contribution is 2.45. The maximum Gasteiger partial charge on any atom is 0.358 e. The van der Waals surface area contributed by atoms with Gasteiger partial charge in [-0.2, -0.15) is 0 Å². The smallest absolute Gasteiger partial charge is 0.358 e. The largest absolute Gasteiger partial charge is 0.454 e. The molecule has 0 spiro atoms. The number of halogens is 2. The Morgan fingerprint density at radius 1 is 1.08 bits per heavy atom. The summed E-state index contributed by atoms with van der Waals surface area (Å²) in [6.45, 7) is 21.1. The van der Waals surface area contributed by atoms with Gasteiger partial charge in [-0.3, -0.25) is 0 Å². The quantitative estimate of drug-likeness (QED) is 0.316. The highest BCUT2D eigenvalue weighted by atomic mass is 79.9. The molecule has 1 aliphatic heterocycles. The first kappa shape index (κ1) is 23.3. The summed E-state index contributed by atoms with van der Waals surface area (Å²) in [4.78, 5) is 12.0. The van der Waals surface area contributed by atoms with Crippen LogP contribution in [0.15, 0.2) is 0 Å². The van der Waals surface area contributed by atoms with Crippen LogP contribution in [-0.2, 0) is 18.4 Å². The van der Waals surface area contributed by atoms with Crippen molar-refractivity contribution >= 4 is 38.5 Å². The monoisotopic (exact) mass is 456 g/mol. The number of hydrogen-bond donors (Lipinski definition) is 0. The molecule has 25 heavy (non-hydrogen) atoms. The number of esters is 1. The van der Waals surface area contributed by atoms with Crippen LogP contribution in [0, 0.1) is 0 Å².